The van der Waals surface area contributed by atoms with Crippen LogP contribution in [0.2, 0.25) is 0 Å². The zero-order chi connectivity index (χ0) is 8.23. The van der Waals surface area contributed by atoms with Crippen molar-refractivity contribution in [2.75, 3.05) is 11.5 Å². The number of rotatable bonds is 1. The molecule has 2 rings (SSSR count). The third kappa shape index (κ3) is 3.29. The van der Waals surface area contributed by atoms with Crippen LogP contribution in [0.3, 0.4) is 0 Å². The normalized spacial score (nSPS) is 17.8. The van der Waals surface area contributed by atoms with Crippen molar-refractivity contribution in [1.82, 2.24) is 0 Å². The van der Waals surface area contributed by atoms with Gasteiger partial charge in [-0.25, -0.2) is 0 Å². The van der Waals surface area contributed by atoms with Crippen molar-refractivity contribution < 1.29 is 20.3 Å². The SMILES string of the molecule is [H-].[Li+].c1ccc(C2SCCCS2)cc1. The Morgan fingerprint density at radius 3 is 2.31 bits per heavy atom. The fraction of sp³-hybridized carbons (Fsp3) is 0.400. The summed E-state index contributed by atoms with van der Waals surface area (Å²) in [6.07, 6.45) is 1.37. The fourth-order valence-electron chi connectivity index (χ4n) is 1.29. The summed E-state index contributed by atoms with van der Waals surface area (Å²) < 4.78 is 0.694. The minimum atomic E-state index is 0. The minimum absolute atomic E-state index is 0. The molecule has 0 nitrogen and oxygen atoms in total. The first-order valence-corrected chi connectivity index (χ1v) is 6.35. The van der Waals surface area contributed by atoms with Gasteiger partial charge in [0.1, 0.15) is 0 Å². The average molecular weight is 204 g/mol. The Hall–Kier alpha value is 0.517. The van der Waals surface area contributed by atoms with Crippen molar-refractivity contribution in [2.45, 2.75) is 11.0 Å². The molecule has 0 aromatic heterocycles. The second kappa shape index (κ2) is 6.09. The summed E-state index contributed by atoms with van der Waals surface area (Å²) in [5.74, 6) is 2.65. The second-order valence-corrected chi connectivity index (χ2v) is 5.56. The predicted molar refractivity (Wildman–Crippen MR) is 59.8 cm³/mol. The summed E-state index contributed by atoms with van der Waals surface area (Å²) in [6, 6.07) is 10.8. The Bertz CT molecular complexity index is 237. The quantitative estimate of drug-likeness (QED) is 0.617. The van der Waals surface area contributed by atoms with Crippen LogP contribution in [0.25, 0.3) is 0 Å². The van der Waals surface area contributed by atoms with Gasteiger partial charge >= 0.3 is 18.9 Å². The molecule has 1 heterocycles. The van der Waals surface area contributed by atoms with E-state index in [0.29, 0.717) is 4.58 Å². The van der Waals surface area contributed by atoms with E-state index in [4.69, 9.17) is 0 Å². The van der Waals surface area contributed by atoms with Gasteiger partial charge in [-0.05, 0) is 23.5 Å². The monoisotopic (exact) mass is 204 g/mol. The minimum Gasteiger partial charge on any atom is -1.00 e. The summed E-state index contributed by atoms with van der Waals surface area (Å²) in [5.41, 5.74) is 1.48. The Labute approximate surface area is 102 Å². The summed E-state index contributed by atoms with van der Waals surface area (Å²) in [4.78, 5) is 0. The van der Waals surface area contributed by atoms with Crippen LogP contribution in [-0.4, -0.2) is 11.5 Å². The van der Waals surface area contributed by atoms with Crippen molar-refractivity contribution in [2.24, 2.45) is 0 Å². The van der Waals surface area contributed by atoms with E-state index >= 15 is 0 Å². The van der Waals surface area contributed by atoms with Gasteiger partial charge in [-0.1, -0.05) is 30.3 Å². The maximum Gasteiger partial charge on any atom is 1.00 e. The molecule has 3 heteroatoms. The van der Waals surface area contributed by atoms with Crippen molar-refractivity contribution in [3.05, 3.63) is 35.9 Å². The Morgan fingerprint density at radius 1 is 1.08 bits per heavy atom. The zero-order valence-corrected chi connectivity index (χ0v) is 9.53. The molecule has 0 unspecified atom stereocenters. The standard InChI is InChI=1S/C10H12S2.Li.H/c1-2-5-9(6-3-1)10-11-7-4-8-12-10;;/h1-3,5-6,10H,4,7-8H2;;/q;+1;-1. The van der Waals surface area contributed by atoms with Crippen LogP contribution in [0, 0.1) is 0 Å². The first kappa shape index (κ1) is 11.6. The van der Waals surface area contributed by atoms with E-state index in [-0.39, 0.29) is 20.3 Å². The van der Waals surface area contributed by atoms with Gasteiger partial charge in [0.05, 0.1) is 4.58 Å². The van der Waals surface area contributed by atoms with E-state index < -0.39 is 0 Å². The molecule has 0 atom stereocenters. The number of thioether (sulfide) groups is 2. The van der Waals surface area contributed by atoms with Crippen molar-refractivity contribution in [3.8, 4) is 0 Å². The molecule has 66 valence electrons. The van der Waals surface area contributed by atoms with Crippen LogP contribution < -0.4 is 18.9 Å². The summed E-state index contributed by atoms with van der Waals surface area (Å²) in [6.45, 7) is 0. The zero-order valence-electron chi connectivity index (χ0n) is 8.90. The molecule has 0 aliphatic carbocycles. The van der Waals surface area contributed by atoms with Crippen molar-refractivity contribution in [3.63, 3.8) is 0 Å². The van der Waals surface area contributed by atoms with Gasteiger partial charge in [0, 0.05) is 0 Å². The van der Waals surface area contributed by atoms with E-state index in [1.54, 1.807) is 0 Å². The van der Waals surface area contributed by atoms with E-state index in [0.717, 1.165) is 0 Å². The van der Waals surface area contributed by atoms with Crippen LogP contribution >= 0.6 is 23.5 Å². The fourth-order valence-corrected chi connectivity index (χ4v) is 4.18. The largest absolute Gasteiger partial charge is 1.00 e. The maximum atomic E-state index is 2.23. The molecule has 0 amide bonds. The van der Waals surface area contributed by atoms with Gasteiger partial charge in [0.25, 0.3) is 0 Å². The average Bonchev–Trinajstić information content (AvgIpc) is 2.21. The van der Waals surface area contributed by atoms with Gasteiger partial charge in [-0.2, -0.15) is 0 Å². The summed E-state index contributed by atoms with van der Waals surface area (Å²) >= 11 is 4.16. The Kier molecular flexibility index (Phi) is 5.43. The van der Waals surface area contributed by atoms with Gasteiger partial charge in [-0.15, -0.1) is 23.5 Å². The molecule has 0 radical (unpaired) electrons. The summed E-state index contributed by atoms with van der Waals surface area (Å²) in [7, 11) is 0. The molecule has 0 bridgehead atoms. The van der Waals surface area contributed by atoms with Crippen molar-refractivity contribution in [1.29, 1.82) is 0 Å². The molecule has 0 saturated carbocycles. The van der Waals surface area contributed by atoms with Crippen LogP contribution in [-0.2, 0) is 0 Å². The second-order valence-electron chi connectivity index (χ2n) is 2.84. The molecule has 0 spiro atoms. The smallest absolute Gasteiger partial charge is 1.00 e. The molecular formula is C10H13LiS2. The number of hydrogen-bond donors (Lipinski definition) is 0. The van der Waals surface area contributed by atoms with E-state index in [1.165, 1.54) is 23.5 Å². The third-order valence-corrected chi connectivity index (χ3v) is 4.91. The molecule has 1 aliphatic rings. The van der Waals surface area contributed by atoms with E-state index in [1.807, 2.05) is 0 Å². The van der Waals surface area contributed by atoms with Gasteiger partial charge in [0.15, 0.2) is 0 Å². The summed E-state index contributed by atoms with van der Waals surface area (Å²) in [5, 5.41) is 0. The molecule has 1 aliphatic heterocycles. The topological polar surface area (TPSA) is 0 Å². The van der Waals surface area contributed by atoms with Crippen LogP contribution in [0.4, 0.5) is 0 Å². The van der Waals surface area contributed by atoms with Gasteiger partial charge in [-0.3, -0.25) is 0 Å². The third-order valence-electron chi connectivity index (χ3n) is 1.90. The molecule has 1 fully saturated rings. The molecule has 1 aromatic rings. The van der Waals surface area contributed by atoms with Crippen molar-refractivity contribution >= 4 is 23.5 Å². The Morgan fingerprint density at radius 2 is 1.69 bits per heavy atom. The molecule has 1 aromatic carbocycles. The molecule has 0 N–H and O–H groups in total. The maximum absolute atomic E-state index is 2.23. The van der Waals surface area contributed by atoms with Crippen LogP contribution in [0.5, 0.6) is 0 Å². The number of benzene rings is 1. The number of hydrogen-bond acceptors (Lipinski definition) is 2. The Balaban J connectivity index is 0.000000845. The van der Waals surface area contributed by atoms with Gasteiger partial charge in [0.2, 0.25) is 0 Å². The van der Waals surface area contributed by atoms with E-state index in [2.05, 4.69) is 53.9 Å². The van der Waals surface area contributed by atoms with E-state index in [9.17, 15) is 0 Å². The first-order chi connectivity index (χ1) is 5.97. The van der Waals surface area contributed by atoms with Gasteiger partial charge < -0.3 is 1.43 Å². The molecular weight excluding hydrogens is 191 g/mol. The molecule has 1 saturated heterocycles. The van der Waals surface area contributed by atoms with Crippen LogP contribution in [0.15, 0.2) is 30.3 Å². The predicted octanol–water partition coefficient (Wildman–Crippen LogP) is 0.672. The molecule has 13 heavy (non-hydrogen) atoms. The first-order valence-electron chi connectivity index (χ1n) is 4.25. The van der Waals surface area contributed by atoms with Crippen LogP contribution in [0.1, 0.15) is 18.0 Å².